The zero-order valence-corrected chi connectivity index (χ0v) is 11.2. The van der Waals surface area contributed by atoms with E-state index in [0.717, 1.165) is 18.7 Å². The second-order valence-electron chi connectivity index (χ2n) is 3.66. The summed E-state index contributed by atoms with van der Waals surface area (Å²) in [5.74, 6) is 2.31. The van der Waals surface area contributed by atoms with E-state index in [1.54, 1.807) is 0 Å². The zero-order valence-electron chi connectivity index (χ0n) is 9.61. The van der Waals surface area contributed by atoms with Crippen LogP contribution in [0, 0.1) is 6.92 Å². The topological polar surface area (TPSA) is 12.4 Å². The molecule has 0 N–H and O–H groups in total. The average molecular weight is 251 g/mol. The van der Waals surface area contributed by atoms with Crippen molar-refractivity contribution in [2.75, 3.05) is 12.3 Å². The van der Waals surface area contributed by atoms with E-state index in [4.69, 9.17) is 0 Å². The molecule has 0 aliphatic carbocycles. The molecule has 16 heavy (non-hydrogen) atoms. The molecule has 3 heteroatoms. The van der Waals surface area contributed by atoms with Crippen LogP contribution in [0.4, 0.5) is 0 Å². The highest BCUT2D eigenvalue weighted by atomic mass is 32.2. The van der Waals surface area contributed by atoms with Crippen LogP contribution >= 0.6 is 24.0 Å². The largest absolute Gasteiger partial charge is 0.233 e. The molecule has 1 rings (SSSR count). The number of isothiocyanates is 1. The smallest absolute Gasteiger partial charge is 0.0584 e. The first-order valence-corrected chi connectivity index (χ1v) is 7.07. The van der Waals surface area contributed by atoms with Gasteiger partial charge in [-0.1, -0.05) is 24.3 Å². The Morgan fingerprint density at radius 3 is 2.88 bits per heavy atom. The lowest BCUT2D eigenvalue weighted by atomic mass is 10.1. The number of aryl methyl sites for hydroxylation is 1. The highest BCUT2D eigenvalue weighted by Gasteiger charge is 1.96. The lowest BCUT2D eigenvalue weighted by molar-refractivity contribution is 0.819. The Kier molecular flexibility index (Phi) is 7.15. The number of thioether (sulfide) groups is 1. The third-order valence-electron chi connectivity index (χ3n) is 2.39. The van der Waals surface area contributed by atoms with Crippen molar-refractivity contribution in [1.82, 2.24) is 0 Å². The van der Waals surface area contributed by atoms with Gasteiger partial charge in [0.15, 0.2) is 0 Å². The maximum absolute atomic E-state index is 4.51. The third-order valence-corrected chi connectivity index (χ3v) is 3.61. The minimum Gasteiger partial charge on any atom is -0.233 e. The summed E-state index contributed by atoms with van der Waals surface area (Å²) in [5, 5.41) is 2.39. The molecule has 0 radical (unpaired) electrons. The van der Waals surface area contributed by atoms with Gasteiger partial charge in [0.05, 0.1) is 5.16 Å². The van der Waals surface area contributed by atoms with Crippen LogP contribution in [0.1, 0.15) is 24.0 Å². The molecule has 0 heterocycles. The van der Waals surface area contributed by atoms with E-state index in [0.29, 0.717) is 0 Å². The summed E-state index contributed by atoms with van der Waals surface area (Å²) in [6.07, 6.45) is 2.32. The quantitative estimate of drug-likeness (QED) is 0.411. The van der Waals surface area contributed by atoms with Gasteiger partial charge in [0.2, 0.25) is 0 Å². The Morgan fingerprint density at radius 1 is 1.31 bits per heavy atom. The summed E-state index contributed by atoms with van der Waals surface area (Å²) in [6, 6.07) is 8.58. The second-order valence-corrected chi connectivity index (χ2v) is 4.95. The molecule has 1 aromatic rings. The molecule has 0 amide bonds. The molecule has 0 bridgehead atoms. The fourth-order valence-corrected chi connectivity index (χ4v) is 2.58. The van der Waals surface area contributed by atoms with Gasteiger partial charge in [-0.25, -0.2) is 4.99 Å². The number of thiocarbonyl (C=S) groups is 1. The summed E-state index contributed by atoms with van der Waals surface area (Å²) < 4.78 is 0. The van der Waals surface area contributed by atoms with Crippen molar-refractivity contribution in [2.45, 2.75) is 25.5 Å². The van der Waals surface area contributed by atoms with Crippen LogP contribution in [0.2, 0.25) is 0 Å². The van der Waals surface area contributed by atoms with E-state index in [1.807, 2.05) is 11.8 Å². The molecule has 1 aromatic carbocycles. The monoisotopic (exact) mass is 251 g/mol. The van der Waals surface area contributed by atoms with Gasteiger partial charge in [-0.05, 0) is 48.9 Å². The average Bonchev–Trinajstić information content (AvgIpc) is 2.30. The molecule has 86 valence electrons. The molecule has 0 atom stereocenters. The lowest BCUT2D eigenvalue weighted by Gasteiger charge is -2.04. The van der Waals surface area contributed by atoms with E-state index in [-0.39, 0.29) is 0 Å². The van der Waals surface area contributed by atoms with Gasteiger partial charge in [-0.3, -0.25) is 0 Å². The zero-order chi connectivity index (χ0) is 11.6. The second kappa shape index (κ2) is 8.51. The van der Waals surface area contributed by atoms with E-state index < -0.39 is 0 Å². The highest BCUT2D eigenvalue weighted by Crippen LogP contribution is 2.16. The molecule has 0 saturated carbocycles. The normalized spacial score (nSPS) is 9.81. The molecule has 0 fully saturated rings. The minimum atomic E-state index is 0.828. The summed E-state index contributed by atoms with van der Waals surface area (Å²) in [7, 11) is 0. The van der Waals surface area contributed by atoms with Crippen molar-refractivity contribution in [1.29, 1.82) is 0 Å². The van der Waals surface area contributed by atoms with Crippen molar-refractivity contribution in [3.63, 3.8) is 0 Å². The van der Waals surface area contributed by atoms with Crippen LogP contribution < -0.4 is 0 Å². The van der Waals surface area contributed by atoms with Gasteiger partial charge >= 0.3 is 0 Å². The highest BCUT2D eigenvalue weighted by molar-refractivity contribution is 7.98. The molecule has 1 nitrogen and oxygen atoms in total. The maximum Gasteiger partial charge on any atom is 0.0584 e. The first-order chi connectivity index (χ1) is 7.84. The van der Waals surface area contributed by atoms with Gasteiger partial charge in [-0.15, -0.1) is 0 Å². The van der Waals surface area contributed by atoms with Crippen LogP contribution in [0.3, 0.4) is 0 Å². The van der Waals surface area contributed by atoms with Gasteiger partial charge in [0.1, 0.15) is 0 Å². The first-order valence-electron chi connectivity index (χ1n) is 5.50. The molecular weight excluding hydrogens is 234 g/mol. The third kappa shape index (κ3) is 5.45. The van der Waals surface area contributed by atoms with Crippen LogP contribution in [0.25, 0.3) is 0 Å². The number of aliphatic imine (C=N–C) groups is 1. The Labute approximate surface area is 107 Å². The van der Waals surface area contributed by atoms with E-state index in [2.05, 4.69) is 53.6 Å². The van der Waals surface area contributed by atoms with Crippen molar-refractivity contribution >= 4 is 29.1 Å². The lowest BCUT2D eigenvalue weighted by Crippen LogP contribution is -1.88. The van der Waals surface area contributed by atoms with Crippen LogP contribution in [-0.2, 0) is 5.75 Å². The SMILES string of the molecule is Cc1ccccc1CSCCCCN=C=S. The van der Waals surface area contributed by atoms with Gasteiger partial charge in [0.25, 0.3) is 0 Å². The van der Waals surface area contributed by atoms with Crippen molar-refractivity contribution in [3.8, 4) is 0 Å². The number of hydrogen-bond donors (Lipinski definition) is 0. The van der Waals surface area contributed by atoms with Gasteiger partial charge in [-0.2, -0.15) is 11.8 Å². The number of benzene rings is 1. The van der Waals surface area contributed by atoms with Crippen LogP contribution in [0.5, 0.6) is 0 Å². The Morgan fingerprint density at radius 2 is 2.12 bits per heavy atom. The van der Waals surface area contributed by atoms with Crippen LogP contribution in [0.15, 0.2) is 29.3 Å². The Hall–Kier alpha value is -0.630. The van der Waals surface area contributed by atoms with Crippen molar-refractivity contribution in [2.24, 2.45) is 4.99 Å². The summed E-state index contributed by atoms with van der Waals surface area (Å²) >= 11 is 6.50. The number of rotatable bonds is 7. The standard InChI is InChI=1S/C13H17NS2/c1-12-6-2-3-7-13(12)10-16-9-5-4-8-14-11-15/h2-3,6-7H,4-5,8-10H2,1H3. The number of nitrogens with zero attached hydrogens (tertiary/aromatic N) is 1. The number of hydrogen-bond acceptors (Lipinski definition) is 3. The molecule has 0 aliphatic heterocycles. The molecular formula is C13H17NS2. The Bertz CT molecular complexity index is 357. The maximum atomic E-state index is 4.51. The molecule has 0 saturated heterocycles. The molecule has 0 unspecified atom stereocenters. The molecule has 0 aliphatic rings. The summed E-state index contributed by atoms with van der Waals surface area (Å²) in [5.41, 5.74) is 2.84. The summed E-state index contributed by atoms with van der Waals surface area (Å²) in [6.45, 7) is 3.00. The van der Waals surface area contributed by atoms with Crippen molar-refractivity contribution in [3.05, 3.63) is 35.4 Å². The minimum absolute atomic E-state index is 0.828. The van der Waals surface area contributed by atoms with E-state index >= 15 is 0 Å². The molecule has 0 aromatic heterocycles. The number of unbranched alkanes of at least 4 members (excludes halogenated alkanes) is 1. The predicted octanol–water partition coefficient (Wildman–Crippen LogP) is 4.11. The first kappa shape index (κ1) is 13.4. The molecule has 0 spiro atoms. The van der Waals surface area contributed by atoms with Crippen LogP contribution in [-0.4, -0.2) is 17.5 Å². The van der Waals surface area contributed by atoms with E-state index in [9.17, 15) is 0 Å². The Balaban J connectivity index is 2.12. The van der Waals surface area contributed by atoms with Gasteiger partial charge in [0, 0.05) is 12.3 Å². The predicted molar refractivity (Wildman–Crippen MR) is 76.5 cm³/mol. The van der Waals surface area contributed by atoms with E-state index in [1.165, 1.54) is 23.3 Å². The summed E-state index contributed by atoms with van der Waals surface area (Å²) in [4.78, 5) is 3.90. The van der Waals surface area contributed by atoms with Crippen molar-refractivity contribution < 1.29 is 0 Å². The van der Waals surface area contributed by atoms with Gasteiger partial charge < -0.3 is 0 Å². The fourth-order valence-electron chi connectivity index (χ4n) is 1.39. The fraction of sp³-hybridized carbons (Fsp3) is 0.462.